The van der Waals surface area contributed by atoms with Gasteiger partial charge >= 0.3 is 0 Å². The smallest absolute Gasteiger partial charge is 0.260 e. The van der Waals surface area contributed by atoms with Gasteiger partial charge in [0.05, 0.1) is 11.8 Å². The molecule has 1 aromatic heterocycles. The fourth-order valence-electron chi connectivity index (χ4n) is 1.49. The van der Waals surface area contributed by atoms with Gasteiger partial charge in [-0.25, -0.2) is 0 Å². The topological polar surface area (TPSA) is 102 Å². The number of hydrogen-bond acceptors (Lipinski definition) is 4. The maximum Gasteiger partial charge on any atom is 0.260 e. The number of hydrogen-bond donors (Lipinski definition) is 3. The molecule has 1 heterocycles. The third-order valence-electron chi connectivity index (χ3n) is 2.48. The van der Waals surface area contributed by atoms with E-state index in [0.29, 0.717) is 5.56 Å². The van der Waals surface area contributed by atoms with Gasteiger partial charge in [0.25, 0.3) is 5.91 Å². The van der Waals surface area contributed by atoms with Crippen molar-refractivity contribution in [3.8, 4) is 11.8 Å². The van der Waals surface area contributed by atoms with Gasteiger partial charge in [0, 0.05) is 0 Å². The predicted molar refractivity (Wildman–Crippen MR) is 64.1 cm³/mol. The number of nitrogens with zero attached hydrogens (tertiary/aromatic N) is 2. The van der Waals surface area contributed by atoms with Crippen molar-refractivity contribution < 1.29 is 9.90 Å². The van der Waals surface area contributed by atoms with Crippen LogP contribution in [0.5, 0.6) is 5.75 Å². The molecule has 1 aromatic carbocycles. The van der Waals surface area contributed by atoms with Crippen LogP contribution in [0.25, 0.3) is 0 Å². The molecular weight excluding hydrogens is 232 g/mol. The van der Waals surface area contributed by atoms with E-state index in [1.54, 1.807) is 19.1 Å². The van der Waals surface area contributed by atoms with Crippen molar-refractivity contribution in [2.24, 2.45) is 0 Å². The van der Waals surface area contributed by atoms with E-state index in [9.17, 15) is 9.90 Å². The van der Waals surface area contributed by atoms with Crippen LogP contribution in [0.4, 0.5) is 5.82 Å². The SMILES string of the molecule is Cc1cccc(C(=O)Nc2[nH]ncc2C#N)c1O. The standard InChI is InChI=1S/C12H10N4O2/c1-7-3-2-4-9(10(7)17)12(18)15-11-8(5-13)6-14-16-11/h2-4,6,17H,1H3,(H2,14,15,16,18). The summed E-state index contributed by atoms with van der Waals surface area (Å²) >= 11 is 0. The number of aromatic hydroxyl groups is 1. The molecule has 2 rings (SSSR count). The van der Waals surface area contributed by atoms with Crippen LogP contribution < -0.4 is 5.32 Å². The second kappa shape index (κ2) is 4.59. The molecule has 3 N–H and O–H groups in total. The summed E-state index contributed by atoms with van der Waals surface area (Å²) in [5.41, 5.74) is 0.983. The summed E-state index contributed by atoms with van der Waals surface area (Å²) in [6.07, 6.45) is 1.31. The van der Waals surface area contributed by atoms with Crippen molar-refractivity contribution in [1.29, 1.82) is 5.26 Å². The van der Waals surface area contributed by atoms with E-state index >= 15 is 0 Å². The lowest BCUT2D eigenvalue weighted by Gasteiger charge is -2.06. The van der Waals surface area contributed by atoms with Gasteiger partial charge in [-0.15, -0.1) is 0 Å². The molecule has 0 bridgehead atoms. The first-order chi connectivity index (χ1) is 8.63. The molecule has 18 heavy (non-hydrogen) atoms. The van der Waals surface area contributed by atoms with Gasteiger partial charge in [0.15, 0.2) is 0 Å². The van der Waals surface area contributed by atoms with Crippen molar-refractivity contribution in [1.82, 2.24) is 10.2 Å². The van der Waals surface area contributed by atoms with Gasteiger partial charge in [-0.05, 0) is 18.6 Å². The summed E-state index contributed by atoms with van der Waals surface area (Å²) in [6, 6.07) is 6.75. The Balaban J connectivity index is 2.29. The Hall–Kier alpha value is -2.81. The number of para-hydroxylation sites is 1. The summed E-state index contributed by atoms with van der Waals surface area (Å²) in [7, 11) is 0. The van der Waals surface area contributed by atoms with Crippen molar-refractivity contribution in [2.75, 3.05) is 5.32 Å². The number of H-pyrrole nitrogens is 1. The van der Waals surface area contributed by atoms with Crippen LogP contribution >= 0.6 is 0 Å². The number of anilines is 1. The van der Waals surface area contributed by atoms with Crippen LogP contribution in [-0.2, 0) is 0 Å². The minimum Gasteiger partial charge on any atom is -0.507 e. The van der Waals surface area contributed by atoms with E-state index in [2.05, 4.69) is 15.5 Å². The molecule has 0 aliphatic heterocycles. The number of rotatable bonds is 2. The van der Waals surface area contributed by atoms with Gasteiger partial charge < -0.3 is 10.4 Å². The first-order valence-corrected chi connectivity index (χ1v) is 5.17. The molecular formula is C12H10N4O2. The lowest BCUT2D eigenvalue weighted by atomic mass is 10.1. The number of benzene rings is 1. The molecule has 6 heteroatoms. The Bertz CT molecular complexity index is 640. The van der Waals surface area contributed by atoms with Crippen molar-refractivity contribution in [2.45, 2.75) is 6.92 Å². The average molecular weight is 242 g/mol. The number of aromatic nitrogens is 2. The maximum absolute atomic E-state index is 11.9. The summed E-state index contributed by atoms with van der Waals surface area (Å²) in [6.45, 7) is 1.70. The summed E-state index contributed by atoms with van der Waals surface area (Å²) in [4.78, 5) is 11.9. The number of phenolic OH excluding ortho intramolecular Hbond substituents is 1. The first kappa shape index (κ1) is 11.7. The molecule has 1 amide bonds. The number of aromatic amines is 1. The van der Waals surface area contributed by atoms with Gasteiger partial charge in [0.1, 0.15) is 23.2 Å². The number of carbonyl (C=O) groups excluding carboxylic acids is 1. The van der Waals surface area contributed by atoms with E-state index in [1.807, 2.05) is 6.07 Å². The average Bonchev–Trinajstić information content (AvgIpc) is 2.79. The van der Waals surface area contributed by atoms with Gasteiger partial charge in [-0.1, -0.05) is 12.1 Å². The number of nitriles is 1. The normalized spacial score (nSPS) is 9.78. The molecule has 6 nitrogen and oxygen atoms in total. The highest BCUT2D eigenvalue weighted by Gasteiger charge is 2.15. The minimum atomic E-state index is -0.503. The van der Waals surface area contributed by atoms with Crippen LogP contribution in [0.2, 0.25) is 0 Å². The third-order valence-corrected chi connectivity index (χ3v) is 2.48. The molecule has 90 valence electrons. The van der Waals surface area contributed by atoms with Crippen LogP contribution in [0.1, 0.15) is 21.5 Å². The van der Waals surface area contributed by atoms with Gasteiger partial charge in [0.2, 0.25) is 0 Å². The molecule has 0 aliphatic carbocycles. The minimum absolute atomic E-state index is 0.0759. The Morgan fingerprint density at radius 3 is 3.06 bits per heavy atom. The van der Waals surface area contributed by atoms with Gasteiger partial charge in [-0.2, -0.15) is 10.4 Å². The molecule has 0 saturated carbocycles. The quantitative estimate of drug-likeness (QED) is 0.743. The van der Waals surface area contributed by atoms with Crippen LogP contribution in [0, 0.1) is 18.3 Å². The van der Waals surface area contributed by atoms with Gasteiger partial charge in [-0.3, -0.25) is 9.89 Å². The molecule has 0 radical (unpaired) electrons. The second-order valence-corrected chi connectivity index (χ2v) is 3.70. The second-order valence-electron chi connectivity index (χ2n) is 3.70. The molecule has 0 unspecified atom stereocenters. The summed E-state index contributed by atoms with van der Waals surface area (Å²) in [5, 5.41) is 27.2. The van der Waals surface area contributed by atoms with E-state index in [4.69, 9.17) is 5.26 Å². The number of aryl methyl sites for hydroxylation is 1. The summed E-state index contributed by atoms with van der Waals surface area (Å²) in [5.74, 6) is -0.367. The lowest BCUT2D eigenvalue weighted by Crippen LogP contribution is -2.13. The van der Waals surface area contributed by atoms with E-state index in [0.717, 1.165) is 0 Å². The highest BCUT2D eigenvalue weighted by molar-refractivity contribution is 6.06. The molecule has 0 fully saturated rings. The highest BCUT2D eigenvalue weighted by Crippen LogP contribution is 2.22. The first-order valence-electron chi connectivity index (χ1n) is 5.17. The number of phenols is 1. The van der Waals surface area contributed by atoms with Crippen LogP contribution in [-0.4, -0.2) is 21.2 Å². The maximum atomic E-state index is 11.9. The predicted octanol–water partition coefficient (Wildman–Crippen LogP) is 1.55. The number of nitrogens with one attached hydrogen (secondary N) is 2. The van der Waals surface area contributed by atoms with Crippen molar-refractivity contribution in [3.63, 3.8) is 0 Å². The Labute approximate surface area is 103 Å². The lowest BCUT2D eigenvalue weighted by molar-refractivity contribution is 0.102. The molecule has 0 atom stereocenters. The zero-order valence-electron chi connectivity index (χ0n) is 9.56. The van der Waals surface area contributed by atoms with Crippen molar-refractivity contribution >= 4 is 11.7 Å². The molecule has 0 saturated heterocycles. The highest BCUT2D eigenvalue weighted by atomic mass is 16.3. The fraction of sp³-hybridized carbons (Fsp3) is 0.0833. The Morgan fingerprint density at radius 2 is 2.33 bits per heavy atom. The van der Waals surface area contributed by atoms with Crippen molar-refractivity contribution in [3.05, 3.63) is 41.1 Å². The van der Waals surface area contributed by atoms with E-state index in [-0.39, 0.29) is 22.7 Å². The zero-order chi connectivity index (χ0) is 13.1. The fourth-order valence-corrected chi connectivity index (χ4v) is 1.49. The number of amides is 1. The zero-order valence-corrected chi connectivity index (χ0v) is 9.56. The van der Waals surface area contributed by atoms with Crippen LogP contribution in [0.15, 0.2) is 24.4 Å². The molecule has 0 aliphatic rings. The van der Waals surface area contributed by atoms with Crippen LogP contribution in [0.3, 0.4) is 0 Å². The molecule has 2 aromatic rings. The number of carbonyl (C=O) groups is 1. The molecule has 0 spiro atoms. The van der Waals surface area contributed by atoms with E-state index < -0.39 is 5.91 Å². The van der Waals surface area contributed by atoms with E-state index in [1.165, 1.54) is 12.3 Å². The monoisotopic (exact) mass is 242 g/mol. The largest absolute Gasteiger partial charge is 0.507 e. The summed E-state index contributed by atoms with van der Waals surface area (Å²) < 4.78 is 0. The Kier molecular flexibility index (Phi) is 2.98. The third kappa shape index (κ3) is 2.01. The Morgan fingerprint density at radius 1 is 1.56 bits per heavy atom.